The second-order valence-corrected chi connectivity index (χ2v) is 5.24. The molecule has 1 aromatic rings. The number of nitrogens with one attached hydrogen (secondary N) is 1. The Morgan fingerprint density at radius 2 is 1.65 bits per heavy atom. The summed E-state index contributed by atoms with van der Waals surface area (Å²) in [4.78, 5) is 33.2. The van der Waals surface area contributed by atoms with Gasteiger partial charge in [-0.1, -0.05) is 30.3 Å². The van der Waals surface area contributed by atoms with Crippen molar-refractivity contribution in [2.24, 2.45) is 5.92 Å². The fourth-order valence-corrected chi connectivity index (χ4v) is 2.05. The van der Waals surface area contributed by atoms with E-state index in [0.29, 0.717) is 5.56 Å². The first kappa shape index (κ1) is 18.6. The number of rotatable bonds is 10. The molecule has 0 saturated heterocycles. The van der Waals surface area contributed by atoms with Crippen molar-refractivity contribution < 1.29 is 29.7 Å². The summed E-state index contributed by atoms with van der Waals surface area (Å²) in [5.41, 5.74) is 0.713. The van der Waals surface area contributed by atoms with E-state index in [1.54, 1.807) is 24.3 Å². The number of aliphatic hydroxyl groups is 1. The molecule has 0 radical (unpaired) electrons. The highest BCUT2D eigenvalue weighted by Crippen LogP contribution is 2.17. The molecule has 0 spiro atoms. The molecule has 23 heavy (non-hydrogen) atoms. The minimum absolute atomic E-state index is 0.0441. The minimum atomic E-state index is -1.14. The summed E-state index contributed by atoms with van der Waals surface area (Å²) in [7, 11) is 0. The smallest absolute Gasteiger partial charge is 0.308 e. The van der Waals surface area contributed by atoms with Crippen LogP contribution in [0, 0.1) is 5.92 Å². The molecule has 7 heteroatoms. The van der Waals surface area contributed by atoms with Gasteiger partial charge in [-0.05, 0) is 18.4 Å². The third-order valence-electron chi connectivity index (χ3n) is 3.43. The number of benzene rings is 1. The van der Waals surface area contributed by atoms with Gasteiger partial charge in [-0.3, -0.25) is 14.4 Å². The standard InChI is InChI=1S/C16H21NO6/c18-13(11-4-2-1-3-5-11)7-8-14(19)17-10-12(16(22)23)6-9-15(20)21/h1-5,12-13,18H,6-10H2,(H,17,19)(H,20,21)(H,22,23). The number of carbonyl (C=O) groups excluding carboxylic acids is 1. The van der Waals surface area contributed by atoms with Crippen LogP contribution < -0.4 is 5.32 Å². The Morgan fingerprint density at radius 1 is 1.00 bits per heavy atom. The van der Waals surface area contributed by atoms with Gasteiger partial charge in [0.1, 0.15) is 0 Å². The first-order valence-corrected chi connectivity index (χ1v) is 7.34. The van der Waals surface area contributed by atoms with E-state index in [1.165, 1.54) is 0 Å². The maximum absolute atomic E-state index is 11.7. The normalized spacial score (nSPS) is 13.1. The molecule has 1 rings (SSSR count). The summed E-state index contributed by atoms with van der Waals surface area (Å²) >= 11 is 0. The van der Waals surface area contributed by atoms with Crippen molar-refractivity contribution >= 4 is 17.8 Å². The molecular weight excluding hydrogens is 302 g/mol. The third kappa shape index (κ3) is 7.42. The van der Waals surface area contributed by atoms with E-state index in [0.717, 1.165) is 0 Å². The van der Waals surface area contributed by atoms with Crippen LogP contribution in [-0.2, 0) is 14.4 Å². The van der Waals surface area contributed by atoms with E-state index >= 15 is 0 Å². The maximum atomic E-state index is 11.7. The molecule has 0 saturated carbocycles. The van der Waals surface area contributed by atoms with Gasteiger partial charge in [0.05, 0.1) is 12.0 Å². The lowest BCUT2D eigenvalue weighted by atomic mass is 10.0. The second kappa shape index (κ2) is 9.58. The average Bonchev–Trinajstić information content (AvgIpc) is 2.52. The van der Waals surface area contributed by atoms with Crippen molar-refractivity contribution in [1.29, 1.82) is 0 Å². The minimum Gasteiger partial charge on any atom is -0.481 e. The van der Waals surface area contributed by atoms with Crippen molar-refractivity contribution in [1.82, 2.24) is 5.32 Å². The predicted molar refractivity (Wildman–Crippen MR) is 81.6 cm³/mol. The molecule has 0 aliphatic carbocycles. The van der Waals surface area contributed by atoms with Gasteiger partial charge in [-0.25, -0.2) is 0 Å². The number of aliphatic hydroxyl groups excluding tert-OH is 1. The van der Waals surface area contributed by atoms with E-state index in [4.69, 9.17) is 10.2 Å². The van der Waals surface area contributed by atoms with E-state index < -0.39 is 24.0 Å². The van der Waals surface area contributed by atoms with Crippen LogP contribution in [0.1, 0.15) is 37.4 Å². The monoisotopic (exact) mass is 323 g/mol. The molecule has 0 aromatic heterocycles. The molecule has 126 valence electrons. The van der Waals surface area contributed by atoms with Gasteiger partial charge in [0.2, 0.25) is 5.91 Å². The van der Waals surface area contributed by atoms with Gasteiger partial charge in [0.15, 0.2) is 0 Å². The molecule has 0 aliphatic heterocycles. The highest BCUT2D eigenvalue weighted by atomic mass is 16.4. The number of hydrogen-bond donors (Lipinski definition) is 4. The van der Waals surface area contributed by atoms with Crippen LogP contribution in [0.2, 0.25) is 0 Å². The van der Waals surface area contributed by atoms with Crippen LogP contribution >= 0.6 is 0 Å². The average molecular weight is 323 g/mol. The van der Waals surface area contributed by atoms with Gasteiger partial charge in [0.25, 0.3) is 0 Å². The number of carbonyl (C=O) groups is 3. The second-order valence-electron chi connectivity index (χ2n) is 5.24. The van der Waals surface area contributed by atoms with E-state index in [9.17, 15) is 19.5 Å². The Bertz CT molecular complexity index is 531. The van der Waals surface area contributed by atoms with Crippen LogP contribution in [0.5, 0.6) is 0 Å². The van der Waals surface area contributed by atoms with Gasteiger partial charge in [0, 0.05) is 19.4 Å². The van der Waals surface area contributed by atoms with Crippen molar-refractivity contribution in [3.63, 3.8) is 0 Å². The lowest BCUT2D eigenvalue weighted by molar-refractivity contribution is -0.142. The highest BCUT2D eigenvalue weighted by molar-refractivity contribution is 5.77. The lowest BCUT2D eigenvalue weighted by Crippen LogP contribution is -2.33. The Kier molecular flexibility index (Phi) is 7.76. The van der Waals surface area contributed by atoms with Gasteiger partial charge in [-0.15, -0.1) is 0 Å². The zero-order valence-electron chi connectivity index (χ0n) is 12.6. The number of amides is 1. The first-order chi connectivity index (χ1) is 10.9. The molecule has 2 atom stereocenters. The largest absolute Gasteiger partial charge is 0.481 e. The van der Waals surface area contributed by atoms with Crippen molar-refractivity contribution in [3.8, 4) is 0 Å². The summed E-state index contributed by atoms with van der Waals surface area (Å²) in [6.45, 7) is -0.122. The van der Waals surface area contributed by atoms with E-state index in [2.05, 4.69) is 5.32 Å². The lowest BCUT2D eigenvalue weighted by Gasteiger charge is -2.14. The van der Waals surface area contributed by atoms with Crippen LogP contribution in [0.15, 0.2) is 30.3 Å². The summed E-state index contributed by atoms with van der Waals surface area (Å²) in [6.07, 6.45) is -0.787. The topological polar surface area (TPSA) is 124 Å². The fraction of sp³-hybridized carbons (Fsp3) is 0.438. The molecule has 1 amide bonds. The van der Waals surface area contributed by atoms with Crippen molar-refractivity contribution in [2.75, 3.05) is 6.54 Å². The Balaban J connectivity index is 2.34. The summed E-state index contributed by atoms with van der Waals surface area (Å²) < 4.78 is 0. The fourth-order valence-electron chi connectivity index (χ4n) is 2.05. The summed E-state index contributed by atoms with van der Waals surface area (Å²) in [6, 6.07) is 8.92. The predicted octanol–water partition coefficient (Wildman–Crippen LogP) is 1.18. The summed E-state index contributed by atoms with van der Waals surface area (Å²) in [5.74, 6) is -3.53. The third-order valence-corrected chi connectivity index (χ3v) is 3.43. The van der Waals surface area contributed by atoms with Crippen LogP contribution in [0.3, 0.4) is 0 Å². The molecule has 0 bridgehead atoms. The molecule has 0 fully saturated rings. The first-order valence-electron chi connectivity index (χ1n) is 7.34. The molecule has 0 heterocycles. The quantitative estimate of drug-likeness (QED) is 0.512. The van der Waals surface area contributed by atoms with Gasteiger partial charge < -0.3 is 20.6 Å². The van der Waals surface area contributed by atoms with Crippen molar-refractivity contribution in [3.05, 3.63) is 35.9 Å². The number of carboxylic acids is 2. The molecular formula is C16H21NO6. The van der Waals surface area contributed by atoms with Crippen molar-refractivity contribution in [2.45, 2.75) is 31.8 Å². The number of hydrogen-bond acceptors (Lipinski definition) is 4. The highest BCUT2D eigenvalue weighted by Gasteiger charge is 2.19. The Morgan fingerprint density at radius 3 is 2.22 bits per heavy atom. The number of aliphatic carboxylic acids is 2. The SMILES string of the molecule is O=C(O)CCC(CNC(=O)CCC(O)c1ccccc1)C(=O)O. The van der Waals surface area contributed by atoms with E-state index in [1.807, 2.05) is 6.07 Å². The molecule has 1 aromatic carbocycles. The van der Waals surface area contributed by atoms with Crippen LogP contribution in [0.25, 0.3) is 0 Å². The molecule has 0 aliphatic rings. The van der Waals surface area contributed by atoms with Gasteiger partial charge in [-0.2, -0.15) is 0 Å². The maximum Gasteiger partial charge on any atom is 0.308 e. The van der Waals surface area contributed by atoms with E-state index in [-0.39, 0.29) is 38.1 Å². The summed E-state index contributed by atoms with van der Waals surface area (Å²) in [5, 5.41) is 30.0. The Labute approximate surface area is 133 Å². The molecule has 2 unspecified atom stereocenters. The zero-order chi connectivity index (χ0) is 17.2. The van der Waals surface area contributed by atoms with Gasteiger partial charge >= 0.3 is 11.9 Å². The van der Waals surface area contributed by atoms with Crippen LogP contribution in [0.4, 0.5) is 0 Å². The molecule has 7 nitrogen and oxygen atoms in total. The number of carboxylic acid groups (broad SMARTS) is 2. The van der Waals surface area contributed by atoms with Crippen LogP contribution in [-0.4, -0.2) is 39.7 Å². The zero-order valence-corrected chi connectivity index (χ0v) is 12.6. The Hall–Kier alpha value is -2.41. The molecule has 4 N–H and O–H groups in total.